The Hall–Kier alpha value is -1.53. The molecule has 1 aromatic carbocycles. The Balaban J connectivity index is 1.90. The number of ether oxygens (including phenoxy) is 1. The van der Waals surface area contributed by atoms with E-state index in [4.69, 9.17) is 0 Å². The molecular formula is C14H16F2N2OS. The van der Waals surface area contributed by atoms with Crippen LogP contribution in [0.2, 0.25) is 0 Å². The van der Waals surface area contributed by atoms with Crippen molar-refractivity contribution in [2.75, 3.05) is 0 Å². The number of rotatable bonds is 6. The van der Waals surface area contributed by atoms with E-state index in [1.807, 2.05) is 19.2 Å². The third kappa shape index (κ3) is 4.25. The van der Waals surface area contributed by atoms with Gasteiger partial charge in [-0.25, -0.2) is 4.98 Å². The first-order valence-electron chi connectivity index (χ1n) is 6.24. The number of hydrogen-bond acceptors (Lipinski definition) is 4. The van der Waals surface area contributed by atoms with Crippen LogP contribution in [-0.4, -0.2) is 11.6 Å². The molecule has 6 heteroatoms. The van der Waals surface area contributed by atoms with Gasteiger partial charge < -0.3 is 10.1 Å². The van der Waals surface area contributed by atoms with Crippen molar-refractivity contribution in [2.45, 2.75) is 33.0 Å². The van der Waals surface area contributed by atoms with Gasteiger partial charge in [0.25, 0.3) is 0 Å². The van der Waals surface area contributed by atoms with E-state index < -0.39 is 6.61 Å². The maximum absolute atomic E-state index is 12.0. The van der Waals surface area contributed by atoms with Crippen molar-refractivity contribution in [3.63, 3.8) is 0 Å². The Bertz CT molecular complexity index is 542. The third-order valence-corrected chi connectivity index (χ3v) is 3.80. The highest BCUT2D eigenvalue weighted by molar-refractivity contribution is 7.09. The second-order valence-electron chi connectivity index (χ2n) is 4.43. The quantitative estimate of drug-likeness (QED) is 0.878. The van der Waals surface area contributed by atoms with E-state index in [0.29, 0.717) is 6.54 Å². The number of aromatic nitrogens is 1. The summed E-state index contributed by atoms with van der Waals surface area (Å²) in [5, 5.41) is 6.39. The van der Waals surface area contributed by atoms with Crippen molar-refractivity contribution in [3.8, 4) is 5.75 Å². The van der Waals surface area contributed by atoms with Crippen LogP contribution < -0.4 is 10.1 Å². The third-order valence-electron chi connectivity index (χ3n) is 2.83. The molecule has 0 spiro atoms. The second kappa shape index (κ2) is 6.76. The van der Waals surface area contributed by atoms with Crippen LogP contribution >= 0.6 is 11.3 Å². The van der Waals surface area contributed by atoms with Crippen molar-refractivity contribution >= 4 is 11.3 Å². The summed E-state index contributed by atoms with van der Waals surface area (Å²) in [6.45, 7) is 1.88. The first-order chi connectivity index (χ1) is 9.54. The van der Waals surface area contributed by atoms with Crippen LogP contribution in [0.15, 0.2) is 29.6 Å². The van der Waals surface area contributed by atoms with Gasteiger partial charge in [-0.05, 0) is 31.5 Å². The van der Waals surface area contributed by atoms with E-state index in [1.165, 1.54) is 0 Å². The molecule has 0 saturated carbocycles. The van der Waals surface area contributed by atoms with Gasteiger partial charge in [0.15, 0.2) is 0 Å². The number of alkyl halides is 2. The summed E-state index contributed by atoms with van der Waals surface area (Å²) in [7, 11) is 0. The number of aryl methyl sites for hydroxylation is 1. The molecular weight excluding hydrogens is 282 g/mol. The Labute approximate surface area is 120 Å². The van der Waals surface area contributed by atoms with Crippen LogP contribution in [0.1, 0.15) is 29.2 Å². The molecule has 1 atom stereocenters. The highest BCUT2D eigenvalue weighted by Gasteiger charge is 2.08. The normalized spacial score (nSPS) is 12.7. The van der Waals surface area contributed by atoms with Crippen LogP contribution in [-0.2, 0) is 6.54 Å². The van der Waals surface area contributed by atoms with Gasteiger partial charge in [-0.1, -0.05) is 12.1 Å². The number of hydrogen-bond donors (Lipinski definition) is 1. The highest BCUT2D eigenvalue weighted by Crippen LogP contribution is 2.19. The van der Waals surface area contributed by atoms with Crippen molar-refractivity contribution in [1.82, 2.24) is 10.3 Å². The van der Waals surface area contributed by atoms with Crippen LogP contribution in [0.5, 0.6) is 5.75 Å². The van der Waals surface area contributed by atoms with Crippen molar-refractivity contribution in [1.29, 1.82) is 0 Å². The molecule has 20 heavy (non-hydrogen) atoms. The fourth-order valence-electron chi connectivity index (χ4n) is 1.78. The number of thiazole rings is 1. The first-order valence-corrected chi connectivity index (χ1v) is 7.11. The molecule has 108 valence electrons. The van der Waals surface area contributed by atoms with Gasteiger partial charge in [-0.2, -0.15) is 8.78 Å². The molecule has 0 aliphatic rings. The Morgan fingerprint density at radius 2 is 2.00 bits per heavy atom. The Kier molecular flexibility index (Phi) is 5.03. The molecule has 0 aliphatic carbocycles. The standard InChI is InChI=1S/C14H16F2N2OS/c1-9-8-20-13(18-9)7-17-10(2)11-3-5-12(6-4-11)19-14(15)16/h3-6,8,10,14,17H,7H2,1-2H3. The topological polar surface area (TPSA) is 34.1 Å². The summed E-state index contributed by atoms with van der Waals surface area (Å²) < 4.78 is 28.4. The van der Waals surface area contributed by atoms with Gasteiger partial charge in [-0.3, -0.25) is 0 Å². The van der Waals surface area contributed by atoms with E-state index in [-0.39, 0.29) is 11.8 Å². The molecule has 0 aliphatic heterocycles. The SMILES string of the molecule is Cc1csc(CNC(C)c2ccc(OC(F)F)cc2)n1. The predicted octanol–water partition coefficient (Wildman–Crippen LogP) is 3.90. The molecule has 3 nitrogen and oxygen atoms in total. The largest absolute Gasteiger partial charge is 0.435 e. The van der Waals surface area contributed by atoms with Gasteiger partial charge in [-0.15, -0.1) is 11.3 Å². The average molecular weight is 298 g/mol. The molecule has 1 aromatic heterocycles. The lowest BCUT2D eigenvalue weighted by Gasteiger charge is -2.14. The lowest BCUT2D eigenvalue weighted by molar-refractivity contribution is -0.0498. The number of halogens is 2. The summed E-state index contributed by atoms with van der Waals surface area (Å²) in [5.41, 5.74) is 2.04. The molecule has 0 saturated heterocycles. The summed E-state index contributed by atoms with van der Waals surface area (Å²) in [5.74, 6) is 0.173. The van der Waals surface area contributed by atoms with E-state index >= 15 is 0 Å². The second-order valence-corrected chi connectivity index (χ2v) is 5.38. The summed E-state index contributed by atoms with van der Waals surface area (Å²) >= 11 is 1.62. The van der Waals surface area contributed by atoms with Gasteiger partial charge in [0.1, 0.15) is 10.8 Å². The molecule has 0 fully saturated rings. The molecule has 2 aromatic rings. The molecule has 0 radical (unpaired) electrons. The van der Waals surface area contributed by atoms with Crippen molar-refractivity contribution < 1.29 is 13.5 Å². The summed E-state index contributed by atoms with van der Waals surface area (Å²) in [4.78, 5) is 4.38. The fourth-order valence-corrected chi connectivity index (χ4v) is 2.50. The zero-order valence-electron chi connectivity index (χ0n) is 11.3. The smallest absolute Gasteiger partial charge is 0.387 e. The lowest BCUT2D eigenvalue weighted by Crippen LogP contribution is -2.18. The summed E-state index contributed by atoms with van der Waals surface area (Å²) in [6, 6.07) is 6.77. The molecule has 1 heterocycles. The molecule has 0 bridgehead atoms. The van der Waals surface area contributed by atoms with Gasteiger partial charge in [0.05, 0.1) is 0 Å². The Morgan fingerprint density at radius 3 is 2.55 bits per heavy atom. The predicted molar refractivity (Wildman–Crippen MR) is 75.2 cm³/mol. The van der Waals surface area contributed by atoms with Gasteiger partial charge in [0.2, 0.25) is 0 Å². The molecule has 0 amide bonds. The monoisotopic (exact) mass is 298 g/mol. The minimum atomic E-state index is -2.79. The number of benzene rings is 1. The highest BCUT2D eigenvalue weighted by atomic mass is 32.1. The van der Waals surface area contributed by atoms with E-state index in [2.05, 4.69) is 15.0 Å². The minimum Gasteiger partial charge on any atom is -0.435 e. The molecule has 1 N–H and O–H groups in total. The van der Waals surface area contributed by atoms with E-state index in [9.17, 15) is 8.78 Å². The number of nitrogens with zero attached hydrogens (tertiary/aromatic N) is 1. The minimum absolute atomic E-state index is 0.111. The maximum atomic E-state index is 12.0. The fraction of sp³-hybridized carbons (Fsp3) is 0.357. The van der Waals surface area contributed by atoms with Crippen molar-refractivity contribution in [2.24, 2.45) is 0 Å². The zero-order chi connectivity index (χ0) is 14.5. The van der Waals surface area contributed by atoms with Crippen molar-refractivity contribution in [3.05, 3.63) is 45.9 Å². The molecule has 2 rings (SSSR count). The number of nitrogens with one attached hydrogen (secondary N) is 1. The Morgan fingerprint density at radius 1 is 1.30 bits per heavy atom. The zero-order valence-corrected chi connectivity index (χ0v) is 12.1. The maximum Gasteiger partial charge on any atom is 0.387 e. The van der Waals surface area contributed by atoms with Gasteiger partial charge in [0, 0.05) is 23.7 Å². The van der Waals surface area contributed by atoms with E-state index in [0.717, 1.165) is 16.3 Å². The average Bonchev–Trinajstić information content (AvgIpc) is 2.82. The van der Waals surface area contributed by atoms with Crippen LogP contribution in [0.4, 0.5) is 8.78 Å². The van der Waals surface area contributed by atoms with Crippen LogP contribution in [0, 0.1) is 6.92 Å². The first kappa shape index (κ1) is 14.9. The summed E-state index contributed by atoms with van der Waals surface area (Å²) in [6.07, 6.45) is 0. The van der Waals surface area contributed by atoms with Gasteiger partial charge >= 0.3 is 6.61 Å². The lowest BCUT2D eigenvalue weighted by atomic mass is 10.1. The van der Waals surface area contributed by atoms with Crippen LogP contribution in [0.25, 0.3) is 0 Å². The molecule has 1 unspecified atom stereocenters. The van der Waals surface area contributed by atoms with E-state index in [1.54, 1.807) is 35.6 Å². The van der Waals surface area contributed by atoms with Crippen LogP contribution in [0.3, 0.4) is 0 Å².